The Balaban J connectivity index is 2.63. The molecule has 7 heteroatoms. The van der Waals surface area contributed by atoms with E-state index in [2.05, 4.69) is 15.9 Å². The van der Waals surface area contributed by atoms with Gasteiger partial charge in [0.1, 0.15) is 6.54 Å². The molecule has 0 spiro atoms. The Morgan fingerprint density at radius 2 is 2.06 bits per heavy atom. The van der Waals surface area contributed by atoms with Crippen LogP contribution < -0.4 is 0 Å². The molecule has 96 valence electrons. The molecule has 1 aromatic heterocycles. The minimum Gasteiger partial charge on any atom is -0.478 e. The van der Waals surface area contributed by atoms with Crippen LogP contribution in [-0.2, 0) is 6.54 Å². The van der Waals surface area contributed by atoms with E-state index in [1.807, 2.05) is 0 Å². The Labute approximate surface area is 108 Å². The summed E-state index contributed by atoms with van der Waals surface area (Å²) in [7, 11) is 0. The Bertz CT molecular complexity index is 619. The fourth-order valence-corrected chi connectivity index (χ4v) is 2.21. The molecule has 0 unspecified atom stereocenters. The van der Waals surface area contributed by atoms with Crippen molar-refractivity contribution in [1.82, 2.24) is 4.57 Å². The number of aromatic carboxylic acids is 1. The molecule has 18 heavy (non-hydrogen) atoms. The Hall–Kier alpha value is -1.50. The second kappa shape index (κ2) is 4.31. The number of benzene rings is 1. The van der Waals surface area contributed by atoms with Crippen molar-refractivity contribution in [3.05, 3.63) is 34.4 Å². The van der Waals surface area contributed by atoms with E-state index >= 15 is 0 Å². The highest BCUT2D eigenvalue weighted by atomic mass is 79.9. The first kappa shape index (κ1) is 12.9. The van der Waals surface area contributed by atoms with E-state index in [0.717, 1.165) is 4.57 Å². The van der Waals surface area contributed by atoms with Gasteiger partial charge in [-0.1, -0.05) is 15.9 Å². The summed E-state index contributed by atoms with van der Waals surface area (Å²) < 4.78 is 38.5. The number of carboxylic acids is 1. The number of carboxylic acid groups (broad SMARTS) is 1. The van der Waals surface area contributed by atoms with Gasteiger partial charge in [-0.3, -0.25) is 0 Å². The minimum atomic E-state index is -4.35. The van der Waals surface area contributed by atoms with Gasteiger partial charge in [0.2, 0.25) is 0 Å². The molecule has 0 aliphatic heterocycles. The van der Waals surface area contributed by atoms with Crippen molar-refractivity contribution in [2.45, 2.75) is 12.7 Å². The zero-order valence-corrected chi connectivity index (χ0v) is 10.4. The third-order valence-electron chi connectivity index (χ3n) is 2.43. The lowest BCUT2D eigenvalue weighted by atomic mass is 10.1. The van der Waals surface area contributed by atoms with E-state index in [0.29, 0.717) is 4.47 Å². The monoisotopic (exact) mass is 321 g/mol. The number of hydrogen-bond acceptors (Lipinski definition) is 1. The molecule has 1 N–H and O–H groups in total. The summed E-state index contributed by atoms with van der Waals surface area (Å²) in [6.07, 6.45) is -3.12. The first-order valence-corrected chi connectivity index (χ1v) is 5.65. The molecule has 2 rings (SSSR count). The first-order chi connectivity index (χ1) is 8.28. The lowest BCUT2D eigenvalue weighted by molar-refractivity contribution is -0.139. The molecule has 1 aromatic carbocycles. The summed E-state index contributed by atoms with van der Waals surface area (Å²) in [5.74, 6) is -1.17. The van der Waals surface area contributed by atoms with Gasteiger partial charge in [-0.2, -0.15) is 13.2 Å². The molecule has 0 radical (unpaired) electrons. The molecule has 2 aromatic rings. The Morgan fingerprint density at radius 1 is 1.39 bits per heavy atom. The standard InChI is InChI=1S/C11H7BrF3NO2/c12-6-3-8(10(17)18)7-1-2-16(9(7)4-6)5-11(13,14)15/h1-4H,5H2,(H,17,18). The molecular weight excluding hydrogens is 315 g/mol. The van der Waals surface area contributed by atoms with E-state index < -0.39 is 18.7 Å². The zero-order valence-electron chi connectivity index (χ0n) is 8.83. The predicted octanol–water partition coefficient (Wildman–Crippen LogP) is 3.66. The predicted molar refractivity (Wildman–Crippen MR) is 62.7 cm³/mol. The van der Waals surface area contributed by atoms with Crippen molar-refractivity contribution in [2.24, 2.45) is 0 Å². The molecule has 3 nitrogen and oxygen atoms in total. The number of aromatic nitrogens is 1. The van der Waals surface area contributed by atoms with Crippen LogP contribution in [0, 0.1) is 0 Å². The van der Waals surface area contributed by atoms with Gasteiger partial charge in [0.15, 0.2) is 0 Å². The van der Waals surface area contributed by atoms with Gasteiger partial charge in [-0.05, 0) is 18.2 Å². The molecule has 0 fully saturated rings. The summed E-state index contributed by atoms with van der Waals surface area (Å²) in [4.78, 5) is 11.0. The van der Waals surface area contributed by atoms with Gasteiger partial charge in [-0.15, -0.1) is 0 Å². The average molecular weight is 322 g/mol. The fourth-order valence-electron chi connectivity index (χ4n) is 1.77. The van der Waals surface area contributed by atoms with Crippen LogP contribution in [0.3, 0.4) is 0 Å². The SMILES string of the molecule is O=C(O)c1cc(Br)cc2c1ccn2CC(F)(F)F. The highest BCUT2D eigenvalue weighted by Gasteiger charge is 2.28. The van der Waals surface area contributed by atoms with Gasteiger partial charge in [0, 0.05) is 16.1 Å². The second-order valence-corrected chi connectivity index (χ2v) is 4.67. The van der Waals surface area contributed by atoms with Crippen molar-refractivity contribution in [2.75, 3.05) is 0 Å². The van der Waals surface area contributed by atoms with Gasteiger partial charge >= 0.3 is 12.1 Å². The van der Waals surface area contributed by atoms with Crippen molar-refractivity contribution in [3.8, 4) is 0 Å². The van der Waals surface area contributed by atoms with E-state index in [4.69, 9.17) is 5.11 Å². The van der Waals surface area contributed by atoms with Crippen molar-refractivity contribution in [3.63, 3.8) is 0 Å². The second-order valence-electron chi connectivity index (χ2n) is 3.75. The van der Waals surface area contributed by atoms with Gasteiger partial charge in [-0.25, -0.2) is 4.79 Å². The first-order valence-electron chi connectivity index (χ1n) is 4.86. The third-order valence-corrected chi connectivity index (χ3v) is 2.89. The van der Waals surface area contributed by atoms with Crippen molar-refractivity contribution < 1.29 is 23.1 Å². The molecule has 1 heterocycles. The average Bonchev–Trinajstić information content (AvgIpc) is 2.58. The maximum absolute atomic E-state index is 12.4. The molecular formula is C11H7BrF3NO2. The van der Waals surface area contributed by atoms with Gasteiger partial charge < -0.3 is 9.67 Å². The van der Waals surface area contributed by atoms with E-state index in [-0.39, 0.29) is 16.5 Å². The third kappa shape index (κ3) is 2.50. The number of halogens is 4. The summed E-state index contributed by atoms with van der Waals surface area (Å²) >= 11 is 3.09. The number of fused-ring (bicyclic) bond motifs is 1. The number of hydrogen-bond donors (Lipinski definition) is 1. The highest BCUT2D eigenvalue weighted by molar-refractivity contribution is 9.10. The largest absolute Gasteiger partial charge is 0.478 e. The van der Waals surface area contributed by atoms with Crippen LogP contribution in [0.25, 0.3) is 10.9 Å². The molecule has 0 bridgehead atoms. The van der Waals surface area contributed by atoms with Crippen LogP contribution in [0.15, 0.2) is 28.9 Å². The Kier molecular flexibility index (Phi) is 3.10. The smallest absolute Gasteiger partial charge is 0.406 e. The molecule has 0 aliphatic rings. The van der Waals surface area contributed by atoms with Crippen molar-refractivity contribution in [1.29, 1.82) is 0 Å². The molecule has 0 saturated carbocycles. The van der Waals surface area contributed by atoms with Crippen LogP contribution >= 0.6 is 15.9 Å². The van der Waals surface area contributed by atoms with Gasteiger partial charge in [0.05, 0.1) is 11.1 Å². The van der Waals surface area contributed by atoms with E-state index in [1.54, 1.807) is 0 Å². The zero-order chi connectivity index (χ0) is 13.5. The molecule has 0 amide bonds. The summed E-state index contributed by atoms with van der Waals surface area (Å²) in [5.41, 5.74) is 0.208. The van der Waals surface area contributed by atoms with E-state index in [1.165, 1.54) is 24.4 Å². The fraction of sp³-hybridized carbons (Fsp3) is 0.182. The quantitative estimate of drug-likeness (QED) is 0.917. The van der Waals surface area contributed by atoms with Crippen LogP contribution in [-0.4, -0.2) is 21.8 Å². The normalized spacial score (nSPS) is 12.0. The van der Waals surface area contributed by atoms with Crippen molar-refractivity contribution >= 4 is 32.8 Å². The minimum absolute atomic E-state index is 0.0275. The molecule has 0 atom stereocenters. The lowest BCUT2D eigenvalue weighted by Gasteiger charge is -2.09. The van der Waals surface area contributed by atoms with Crippen LogP contribution in [0.5, 0.6) is 0 Å². The maximum Gasteiger partial charge on any atom is 0.406 e. The summed E-state index contributed by atoms with van der Waals surface area (Å²) in [5, 5.41) is 9.28. The number of carbonyl (C=O) groups is 1. The van der Waals surface area contributed by atoms with Gasteiger partial charge in [0.25, 0.3) is 0 Å². The maximum atomic E-state index is 12.4. The topological polar surface area (TPSA) is 42.2 Å². The van der Waals surface area contributed by atoms with Crippen LogP contribution in [0.2, 0.25) is 0 Å². The number of alkyl halides is 3. The molecule has 0 saturated heterocycles. The Morgan fingerprint density at radius 3 is 2.61 bits per heavy atom. The van der Waals surface area contributed by atoms with Crippen LogP contribution in [0.4, 0.5) is 13.2 Å². The summed E-state index contributed by atoms with van der Waals surface area (Å²) in [6, 6.07) is 4.20. The van der Waals surface area contributed by atoms with E-state index in [9.17, 15) is 18.0 Å². The van der Waals surface area contributed by atoms with Crippen LogP contribution in [0.1, 0.15) is 10.4 Å². The lowest BCUT2D eigenvalue weighted by Crippen LogP contribution is -2.16. The highest BCUT2D eigenvalue weighted by Crippen LogP contribution is 2.28. The number of rotatable bonds is 2. The molecule has 0 aliphatic carbocycles. The summed E-state index contributed by atoms with van der Waals surface area (Å²) in [6.45, 7) is -1.15. The number of nitrogens with zero attached hydrogens (tertiary/aromatic N) is 1.